The van der Waals surface area contributed by atoms with Gasteiger partial charge in [0.15, 0.2) is 0 Å². The van der Waals surface area contributed by atoms with Crippen molar-refractivity contribution >= 4 is 17.8 Å². The molecule has 0 saturated carbocycles. The Morgan fingerprint density at radius 2 is 2.12 bits per heavy atom. The number of carbonyl (C=O) groups is 2. The number of nitrogens with one attached hydrogen (secondary N) is 1. The molecule has 2 N–H and O–H groups in total. The number of hydrogen-bond donors (Lipinski definition) is 2. The van der Waals surface area contributed by atoms with E-state index in [-0.39, 0.29) is 5.91 Å². The number of nitrogens with zero attached hydrogens (tertiary/aromatic N) is 3. The summed E-state index contributed by atoms with van der Waals surface area (Å²) in [6.45, 7) is 1.66. The Hall–Kier alpha value is -2.15. The smallest absolute Gasteiger partial charge is 0.413 e. The van der Waals surface area contributed by atoms with Crippen LogP contribution in [0.2, 0.25) is 0 Å². The summed E-state index contributed by atoms with van der Waals surface area (Å²) in [5.41, 5.74) is 1.93. The molecule has 0 spiro atoms. The molecule has 0 saturated heterocycles. The number of unbranched alkanes of at least 4 members (excludes halogenated alkanes) is 1. The summed E-state index contributed by atoms with van der Waals surface area (Å²) in [7, 11) is 3.48. The van der Waals surface area contributed by atoms with Crippen LogP contribution < -0.4 is 10.2 Å². The fourth-order valence-electron chi connectivity index (χ4n) is 2.71. The Labute approximate surface area is 142 Å². The Morgan fingerprint density at radius 3 is 2.83 bits per heavy atom. The lowest BCUT2D eigenvalue weighted by Crippen LogP contribution is -2.35. The SMILES string of the molecule is CN(C)C(=O)CNCCCCc1ccc2c(n1)N(C(=O)O)CCC2. The normalized spacial score (nSPS) is 13.5. The van der Waals surface area contributed by atoms with Crippen LogP contribution in [0.4, 0.5) is 10.6 Å². The largest absolute Gasteiger partial charge is 0.465 e. The van der Waals surface area contributed by atoms with E-state index in [0.717, 1.165) is 49.9 Å². The summed E-state index contributed by atoms with van der Waals surface area (Å²) in [6, 6.07) is 3.99. The van der Waals surface area contributed by atoms with Crippen LogP contribution in [-0.2, 0) is 17.6 Å². The van der Waals surface area contributed by atoms with Crippen molar-refractivity contribution in [3.05, 3.63) is 23.4 Å². The van der Waals surface area contributed by atoms with Gasteiger partial charge in [0.2, 0.25) is 5.91 Å². The van der Waals surface area contributed by atoms with Gasteiger partial charge in [-0.25, -0.2) is 9.78 Å². The molecule has 1 aliphatic rings. The fraction of sp³-hybridized carbons (Fsp3) is 0.588. The second-order valence-corrected chi connectivity index (χ2v) is 6.25. The maximum atomic E-state index is 11.4. The monoisotopic (exact) mass is 334 g/mol. The van der Waals surface area contributed by atoms with Gasteiger partial charge in [-0.2, -0.15) is 0 Å². The number of carbonyl (C=O) groups excluding carboxylic acids is 1. The van der Waals surface area contributed by atoms with E-state index in [1.807, 2.05) is 12.1 Å². The molecule has 0 aromatic carbocycles. The third-order valence-electron chi connectivity index (χ3n) is 4.14. The van der Waals surface area contributed by atoms with E-state index in [4.69, 9.17) is 0 Å². The molecular weight excluding hydrogens is 308 g/mol. The van der Waals surface area contributed by atoms with Gasteiger partial charge in [-0.1, -0.05) is 6.07 Å². The predicted octanol–water partition coefficient (Wildman–Crippen LogP) is 1.51. The summed E-state index contributed by atoms with van der Waals surface area (Å²) in [4.78, 5) is 30.2. The van der Waals surface area contributed by atoms with Crippen molar-refractivity contribution in [3.8, 4) is 0 Å². The van der Waals surface area contributed by atoms with E-state index >= 15 is 0 Å². The maximum absolute atomic E-state index is 11.4. The molecule has 1 aromatic heterocycles. The summed E-state index contributed by atoms with van der Waals surface area (Å²) in [5.74, 6) is 0.668. The lowest BCUT2D eigenvalue weighted by atomic mass is 10.0. The lowest BCUT2D eigenvalue weighted by Gasteiger charge is -2.26. The Bertz CT molecular complexity index is 589. The average molecular weight is 334 g/mol. The van der Waals surface area contributed by atoms with Crippen molar-refractivity contribution in [2.75, 3.05) is 38.6 Å². The van der Waals surface area contributed by atoms with E-state index in [1.54, 1.807) is 19.0 Å². The predicted molar refractivity (Wildman–Crippen MR) is 92.4 cm³/mol. The van der Waals surface area contributed by atoms with Crippen molar-refractivity contribution in [3.63, 3.8) is 0 Å². The second-order valence-electron chi connectivity index (χ2n) is 6.25. The van der Waals surface area contributed by atoms with E-state index in [0.29, 0.717) is 18.9 Å². The molecule has 0 unspecified atom stereocenters. The first-order valence-corrected chi connectivity index (χ1v) is 8.39. The summed E-state index contributed by atoms with van der Waals surface area (Å²) in [6.07, 6.45) is 3.50. The zero-order chi connectivity index (χ0) is 17.5. The van der Waals surface area contributed by atoms with Gasteiger partial charge in [0.25, 0.3) is 0 Å². The summed E-state index contributed by atoms with van der Waals surface area (Å²) >= 11 is 0. The molecule has 0 atom stereocenters. The highest BCUT2D eigenvalue weighted by molar-refractivity contribution is 5.86. The lowest BCUT2D eigenvalue weighted by molar-refractivity contribution is -0.127. The van der Waals surface area contributed by atoms with Gasteiger partial charge in [0.05, 0.1) is 6.54 Å². The van der Waals surface area contributed by atoms with Crippen LogP contribution in [0.25, 0.3) is 0 Å². The number of rotatable bonds is 7. The molecule has 7 heteroatoms. The van der Waals surface area contributed by atoms with Crippen molar-refractivity contribution in [2.24, 2.45) is 0 Å². The van der Waals surface area contributed by atoms with Gasteiger partial charge < -0.3 is 15.3 Å². The minimum absolute atomic E-state index is 0.0696. The van der Waals surface area contributed by atoms with Crippen LogP contribution >= 0.6 is 0 Å². The second kappa shape index (κ2) is 8.63. The maximum Gasteiger partial charge on any atom is 0.413 e. The number of carboxylic acid groups (broad SMARTS) is 1. The summed E-state index contributed by atoms with van der Waals surface area (Å²) < 4.78 is 0. The van der Waals surface area contributed by atoms with Gasteiger partial charge in [0.1, 0.15) is 5.82 Å². The van der Waals surface area contributed by atoms with Crippen molar-refractivity contribution in [1.82, 2.24) is 15.2 Å². The summed E-state index contributed by atoms with van der Waals surface area (Å²) in [5, 5.41) is 12.4. The topological polar surface area (TPSA) is 85.8 Å². The number of fused-ring (bicyclic) bond motifs is 1. The van der Waals surface area contributed by atoms with E-state index in [1.165, 1.54) is 4.90 Å². The zero-order valence-corrected chi connectivity index (χ0v) is 14.4. The minimum atomic E-state index is -0.935. The number of likely N-dealkylation sites (N-methyl/N-ethyl adjacent to an activating group) is 1. The molecular formula is C17H26N4O3. The molecule has 24 heavy (non-hydrogen) atoms. The first-order valence-electron chi connectivity index (χ1n) is 8.39. The molecule has 1 aliphatic heterocycles. The van der Waals surface area contributed by atoms with Gasteiger partial charge in [-0.05, 0) is 50.3 Å². The van der Waals surface area contributed by atoms with Crippen LogP contribution in [0.5, 0.6) is 0 Å². The van der Waals surface area contributed by atoms with Gasteiger partial charge in [-0.3, -0.25) is 9.69 Å². The highest BCUT2D eigenvalue weighted by Crippen LogP contribution is 2.25. The van der Waals surface area contributed by atoms with E-state index < -0.39 is 6.09 Å². The van der Waals surface area contributed by atoms with Crippen LogP contribution in [0.3, 0.4) is 0 Å². The number of aromatic nitrogens is 1. The van der Waals surface area contributed by atoms with E-state index in [9.17, 15) is 14.7 Å². The number of amides is 2. The Kier molecular flexibility index (Phi) is 6.54. The van der Waals surface area contributed by atoms with Gasteiger partial charge >= 0.3 is 6.09 Å². The van der Waals surface area contributed by atoms with Gasteiger partial charge in [-0.15, -0.1) is 0 Å². The van der Waals surface area contributed by atoms with Crippen LogP contribution in [0, 0.1) is 0 Å². The number of hydrogen-bond acceptors (Lipinski definition) is 4. The molecule has 0 bridgehead atoms. The third kappa shape index (κ3) is 4.92. The first-order chi connectivity index (χ1) is 11.5. The Morgan fingerprint density at radius 1 is 1.33 bits per heavy atom. The van der Waals surface area contributed by atoms with Crippen LogP contribution in [0.1, 0.15) is 30.5 Å². The van der Waals surface area contributed by atoms with Crippen molar-refractivity contribution in [1.29, 1.82) is 0 Å². The molecule has 7 nitrogen and oxygen atoms in total. The minimum Gasteiger partial charge on any atom is -0.465 e. The number of pyridine rings is 1. The van der Waals surface area contributed by atoms with Crippen molar-refractivity contribution < 1.29 is 14.7 Å². The first kappa shape index (κ1) is 18.2. The average Bonchev–Trinajstić information content (AvgIpc) is 2.56. The molecule has 2 rings (SSSR count). The molecule has 2 heterocycles. The highest BCUT2D eigenvalue weighted by atomic mass is 16.4. The molecule has 0 aliphatic carbocycles. The number of aryl methyl sites for hydroxylation is 2. The Balaban J connectivity index is 1.79. The van der Waals surface area contributed by atoms with Crippen LogP contribution in [-0.4, -0.2) is 60.7 Å². The quantitative estimate of drug-likeness (QED) is 0.738. The number of anilines is 1. The zero-order valence-electron chi connectivity index (χ0n) is 14.4. The highest BCUT2D eigenvalue weighted by Gasteiger charge is 2.23. The molecule has 132 valence electrons. The van der Waals surface area contributed by atoms with Crippen LogP contribution in [0.15, 0.2) is 12.1 Å². The third-order valence-corrected chi connectivity index (χ3v) is 4.14. The van der Waals surface area contributed by atoms with Gasteiger partial charge in [0, 0.05) is 26.3 Å². The van der Waals surface area contributed by atoms with Crippen molar-refractivity contribution in [2.45, 2.75) is 32.1 Å². The molecule has 2 amide bonds. The fourth-order valence-corrected chi connectivity index (χ4v) is 2.71. The van der Waals surface area contributed by atoms with E-state index in [2.05, 4.69) is 10.3 Å². The molecule has 0 fully saturated rings. The standard InChI is InChI=1S/C17H26N4O3/c1-20(2)15(22)12-18-10-4-3-7-14-9-8-13-6-5-11-21(17(23)24)16(13)19-14/h8-9,18H,3-7,10-12H2,1-2H3,(H,23,24). The molecule has 1 aromatic rings. The molecule has 0 radical (unpaired) electrons.